The van der Waals surface area contributed by atoms with Gasteiger partial charge in [0.1, 0.15) is 0 Å². The Bertz CT molecular complexity index is 388. The number of rotatable bonds is 4. The monoisotopic (exact) mass is 218 g/mol. The van der Waals surface area contributed by atoms with Crippen molar-refractivity contribution in [3.05, 3.63) is 29.8 Å². The Labute approximate surface area is 82.1 Å². The molecular weight excluding hydrogens is 207 g/mol. The highest BCUT2D eigenvalue weighted by Crippen LogP contribution is 2.10. The van der Waals surface area contributed by atoms with Crippen LogP contribution in [0, 0.1) is 0 Å². The summed E-state index contributed by atoms with van der Waals surface area (Å²) in [5.74, 6) is 0. The fraction of sp³-hybridized carbons (Fsp3) is 0.250. The topological polar surface area (TPSA) is 58.2 Å². The third-order valence-electron chi connectivity index (χ3n) is 1.53. The molecule has 0 unspecified atom stereocenters. The van der Waals surface area contributed by atoms with Gasteiger partial charge in [0.15, 0.2) is 0 Å². The summed E-state index contributed by atoms with van der Waals surface area (Å²) in [5.41, 5.74) is 2.72. The van der Waals surface area contributed by atoms with Crippen molar-refractivity contribution in [2.24, 2.45) is 0 Å². The fourth-order valence-electron chi connectivity index (χ4n) is 0.982. The molecule has 0 amide bonds. The van der Waals surface area contributed by atoms with E-state index in [9.17, 15) is 12.9 Å². The van der Waals surface area contributed by atoms with Gasteiger partial charge in [0, 0.05) is 5.69 Å². The number of hydrogen-bond donors (Lipinski definition) is 2. The number of sulfonamides is 1. The lowest BCUT2D eigenvalue weighted by Gasteiger charge is -2.04. The van der Waals surface area contributed by atoms with Crippen LogP contribution in [0.2, 0.25) is 0 Å². The van der Waals surface area contributed by atoms with Crippen molar-refractivity contribution in [1.29, 1.82) is 0 Å². The number of halogens is 1. The van der Waals surface area contributed by atoms with Crippen molar-refractivity contribution in [2.45, 2.75) is 6.54 Å². The molecule has 14 heavy (non-hydrogen) atoms. The lowest BCUT2D eigenvalue weighted by Crippen LogP contribution is -2.09. The molecule has 1 rings (SSSR count). The van der Waals surface area contributed by atoms with Crippen LogP contribution in [0.25, 0.3) is 0 Å². The standard InChI is InChI=1S/C8H11FN2O2S/c1-14(12,13)11-8-4-2-7(3-5-8)6-10-9/h2-5,10-11H,6H2,1H3. The number of hydrogen-bond acceptors (Lipinski definition) is 3. The molecule has 0 radical (unpaired) electrons. The molecule has 1 aromatic rings. The molecule has 0 heterocycles. The Morgan fingerprint density at radius 2 is 1.86 bits per heavy atom. The summed E-state index contributed by atoms with van der Waals surface area (Å²) < 4.78 is 35.7. The quantitative estimate of drug-likeness (QED) is 0.742. The van der Waals surface area contributed by atoms with Gasteiger partial charge in [-0.2, -0.15) is 5.54 Å². The van der Waals surface area contributed by atoms with E-state index in [2.05, 4.69) is 4.72 Å². The first kappa shape index (κ1) is 10.9. The third kappa shape index (κ3) is 3.71. The molecule has 0 aliphatic heterocycles. The van der Waals surface area contributed by atoms with E-state index in [1.54, 1.807) is 24.3 Å². The van der Waals surface area contributed by atoms with Crippen LogP contribution in [0.15, 0.2) is 24.3 Å². The van der Waals surface area contributed by atoms with E-state index in [0.717, 1.165) is 11.8 Å². The molecule has 2 N–H and O–H groups in total. The molecule has 78 valence electrons. The van der Waals surface area contributed by atoms with Crippen molar-refractivity contribution < 1.29 is 12.9 Å². The zero-order valence-corrected chi connectivity index (χ0v) is 8.44. The van der Waals surface area contributed by atoms with Crippen LogP contribution in [-0.4, -0.2) is 14.7 Å². The average molecular weight is 218 g/mol. The van der Waals surface area contributed by atoms with E-state index in [-0.39, 0.29) is 6.54 Å². The minimum atomic E-state index is -3.24. The van der Waals surface area contributed by atoms with E-state index in [1.165, 1.54) is 5.54 Å². The summed E-state index contributed by atoms with van der Waals surface area (Å²) in [7, 11) is -3.24. The van der Waals surface area contributed by atoms with Gasteiger partial charge in [0.25, 0.3) is 0 Å². The molecule has 0 atom stereocenters. The molecule has 1 aromatic carbocycles. The fourth-order valence-corrected chi connectivity index (χ4v) is 1.55. The van der Waals surface area contributed by atoms with Crippen LogP contribution < -0.4 is 10.3 Å². The molecule has 4 nitrogen and oxygen atoms in total. The normalized spacial score (nSPS) is 11.3. The molecule has 0 saturated carbocycles. The van der Waals surface area contributed by atoms with Crippen LogP contribution in [0.4, 0.5) is 10.2 Å². The highest BCUT2D eigenvalue weighted by Gasteiger charge is 2.00. The summed E-state index contributed by atoms with van der Waals surface area (Å²) in [4.78, 5) is 0. The molecule has 0 aliphatic rings. The molecule has 0 fully saturated rings. The van der Waals surface area contributed by atoms with Crippen LogP contribution in [0.3, 0.4) is 0 Å². The van der Waals surface area contributed by atoms with E-state index >= 15 is 0 Å². The second kappa shape index (κ2) is 4.39. The maximum atomic E-state index is 11.7. The Kier molecular flexibility index (Phi) is 3.43. The molecule has 0 spiro atoms. The van der Waals surface area contributed by atoms with Gasteiger partial charge in [0.2, 0.25) is 10.0 Å². The van der Waals surface area contributed by atoms with Gasteiger partial charge in [0.05, 0.1) is 12.8 Å². The van der Waals surface area contributed by atoms with Gasteiger partial charge in [-0.3, -0.25) is 4.72 Å². The van der Waals surface area contributed by atoms with Gasteiger partial charge in [-0.1, -0.05) is 12.1 Å². The van der Waals surface area contributed by atoms with Crippen molar-refractivity contribution in [3.8, 4) is 0 Å². The molecule has 6 heteroatoms. The number of benzene rings is 1. The molecule has 0 bridgehead atoms. The SMILES string of the molecule is CS(=O)(=O)Nc1ccc(CNF)cc1. The Balaban J connectivity index is 2.74. The summed E-state index contributed by atoms with van der Waals surface area (Å²) in [6.45, 7) is 0.110. The molecular formula is C8H11FN2O2S. The first-order valence-corrected chi connectivity index (χ1v) is 5.80. The van der Waals surface area contributed by atoms with Gasteiger partial charge in [-0.25, -0.2) is 8.42 Å². The summed E-state index contributed by atoms with van der Waals surface area (Å²) in [6, 6.07) is 6.43. The third-order valence-corrected chi connectivity index (χ3v) is 2.13. The maximum Gasteiger partial charge on any atom is 0.229 e. The average Bonchev–Trinajstić information content (AvgIpc) is 2.06. The van der Waals surface area contributed by atoms with Crippen LogP contribution in [-0.2, 0) is 16.6 Å². The highest BCUT2D eigenvalue weighted by atomic mass is 32.2. The van der Waals surface area contributed by atoms with E-state index in [0.29, 0.717) is 5.69 Å². The predicted octanol–water partition coefficient (Wildman–Crippen LogP) is 1.03. The molecule has 0 aliphatic carbocycles. The van der Waals surface area contributed by atoms with Crippen molar-refractivity contribution in [2.75, 3.05) is 11.0 Å². The van der Waals surface area contributed by atoms with Crippen LogP contribution >= 0.6 is 0 Å². The minimum Gasteiger partial charge on any atom is -0.284 e. The highest BCUT2D eigenvalue weighted by molar-refractivity contribution is 7.92. The Hall–Kier alpha value is -1.14. The number of nitrogens with one attached hydrogen (secondary N) is 2. The van der Waals surface area contributed by atoms with Crippen molar-refractivity contribution in [3.63, 3.8) is 0 Å². The van der Waals surface area contributed by atoms with Gasteiger partial charge >= 0.3 is 0 Å². The number of anilines is 1. The van der Waals surface area contributed by atoms with Gasteiger partial charge < -0.3 is 0 Å². The molecule has 0 saturated heterocycles. The van der Waals surface area contributed by atoms with Crippen LogP contribution in [0.5, 0.6) is 0 Å². The summed E-state index contributed by atoms with van der Waals surface area (Å²) in [5, 5.41) is 0. The minimum absolute atomic E-state index is 0.110. The predicted molar refractivity (Wildman–Crippen MR) is 52.9 cm³/mol. The summed E-state index contributed by atoms with van der Waals surface area (Å²) in [6.07, 6.45) is 1.07. The Morgan fingerprint density at radius 3 is 2.29 bits per heavy atom. The lowest BCUT2D eigenvalue weighted by atomic mass is 10.2. The zero-order valence-electron chi connectivity index (χ0n) is 7.62. The zero-order chi connectivity index (χ0) is 10.6. The largest absolute Gasteiger partial charge is 0.284 e. The van der Waals surface area contributed by atoms with E-state index in [4.69, 9.17) is 0 Å². The molecule has 0 aromatic heterocycles. The smallest absolute Gasteiger partial charge is 0.229 e. The second-order valence-corrected chi connectivity index (χ2v) is 4.63. The van der Waals surface area contributed by atoms with Crippen LogP contribution in [0.1, 0.15) is 5.56 Å². The van der Waals surface area contributed by atoms with Gasteiger partial charge in [-0.15, -0.1) is 4.48 Å². The first-order chi connectivity index (χ1) is 6.51. The Morgan fingerprint density at radius 1 is 1.29 bits per heavy atom. The van der Waals surface area contributed by atoms with Crippen molar-refractivity contribution >= 4 is 15.7 Å². The van der Waals surface area contributed by atoms with Gasteiger partial charge in [-0.05, 0) is 17.7 Å². The second-order valence-electron chi connectivity index (χ2n) is 2.88. The van der Waals surface area contributed by atoms with E-state index in [1.807, 2.05) is 0 Å². The first-order valence-electron chi connectivity index (χ1n) is 3.91. The summed E-state index contributed by atoms with van der Waals surface area (Å²) >= 11 is 0. The maximum absolute atomic E-state index is 11.7. The van der Waals surface area contributed by atoms with E-state index < -0.39 is 10.0 Å². The lowest BCUT2D eigenvalue weighted by molar-refractivity contribution is 0.330. The van der Waals surface area contributed by atoms with Crippen molar-refractivity contribution in [1.82, 2.24) is 5.54 Å².